The molecule has 0 heterocycles. The minimum absolute atomic E-state index is 0.363. The average molecular weight is 378 g/mol. The highest BCUT2D eigenvalue weighted by molar-refractivity contribution is 6.42. The number of ether oxygens (including phenoxy) is 1. The van der Waals surface area contributed by atoms with E-state index in [0.717, 1.165) is 11.1 Å². The molecule has 0 spiro atoms. The molecule has 0 atom stereocenters. The van der Waals surface area contributed by atoms with Crippen molar-refractivity contribution in [2.24, 2.45) is 0 Å². The third-order valence-electron chi connectivity index (χ3n) is 3.37. The summed E-state index contributed by atoms with van der Waals surface area (Å²) in [5.74, 6) is -1.02. The Morgan fingerprint density at radius 3 is 2.56 bits per heavy atom. The number of benzene rings is 2. The standard InChI is InChI=1S/C19H17Cl2NO3/c1-12-3-4-13(2)17(9-12)22-18(23)11-25-19(24)8-6-14-5-7-15(20)16(21)10-14/h3-10H,11H2,1-2H3,(H,22,23). The number of carbonyl (C=O) groups excluding carboxylic acids is 2. The molecule has 2 rings (SSSR count). The van der Waals surface area contributed by atoms with E-state index in [1.807, 2.05) is 32.0 Å². The Kier molecular flexibility index (Phi) is 6.62. The van der Waals surface area contributed by atoms with E-state index in [4.69, 9.17) is 27.9 Å². The van der Waals surface area contributed by atoms with Crippen LogP contribution in [0.15, 0.2) is 42.5 Å². The lowest BCUT2D eigenvalue weighted by Crippen LogP contribution is -2.20. The molecule has 0 aliphatic heterocycles. The lowest BCUT2D eigenvalue weighted by Gasteiger charge is -2.09. The third-order valence-corrected chi connectivity index (χ3v) is 4.11. The first kappa shape index (κ1) is 19.0. The number of halogens is 2. The van der Waals surface area contributed by atoms with Gasteiger partial charge in [0, 0.05) is 11.8 Å². The molecule has 0 fully saturated rings. The molecule has 4 nitrogen and oxygen atoms in total. The van der Waals surface area contributed by atoms with Gasteiger partial charge < -0.3 is 10.1 Å². The predicted molar refractivity (Wildman–Crippen MR) is 101 cm³/mol. The monoisotopic (exact) mass is 377 g/mol. The van der Waals surface area contributed by atoms with Crippen LogP contribution in [0.4, 0.5) is 5.69 Å². The van der Waals surface area contributed by atoms with Gasteiger partial charge in [0.25, 0.3) is 5.91 Å². The second kappa shape index (κ2) is 8.70. The molecule has 0 aliphatic carbocycles. The van der Waals surface area contributed by atoms with Crippen LogP contribution in [0.2, 0.25) is 10.0 Å². The van der Waals surface area contributed by atoms with Gasteiger partial charge in [-0.2, -0.15) is 0 Å². The van der Waals surface area contributed by atoms with E-state index in [0.29, 0.717) is 21.3 Å². The first-order chi connectivity index (χ1) is 11.8. The summed E-state index contributed by atoms with van der Waals surface area (Å²) in [7, 11) is 0. The maximum absolute atomic E-state index is 11.9. The maximum atomic E-state index is 11.9. The van der Waals surface area contributed by atoms with Gasteiger partial charge in [0.1, 0.15) is 0 Å². The van der Waals surface area contributed by atoms with Crippen molar-refractivity contribution in [2.45, 2.75) is 13.8 Å². The molecular weight excluding hydrogens is 361 g/mol. The number of amides is 1. The Hall–Kier alpha value is -2.30. The number of rotatable bonds is 5. The predicted octanol–water partition coefficient (Wildman–Crippen LogP) is 4.81. The SMILES string of the molecule is Cc1ccc(C)c(NC(=O)COC(=O)C=Cc2ccc(Cl)c(Cl)c2)c1. The third kappa shape index (κ3) is 5.93. The van der Waals surface area contributed by atoms with Crippen molar-refractivity contribution < 1.29 is 14.3 Å². The summed E-state index contributed by atoms with van der Waals surface area (Å²) < 4.78 is 4.93. The molecule has 0 aliphatic rings. The van der Waals surface area contributed by atoms with E-state index >= 15 is 0 Å². The lowest BCUT2D eigenvalue weighted by atomic mass is 10.1. The van der Waals surface area contributed by atoms with Crippen molar-refractivity contribution in [2.75, 3.05) is 11.9 Å². The second-order valence-corrected chi connectivity index (χ2v) is 6.30. The Morgan fingerprint density at radius 2 is 1.84 bits per heavy atom. The number of esters is 1. The minimum atomic E-state index is -0.623. The zero-order valence-corrected chi connectivity index (χ0v) is 15.3. The molecule has 2 aromatic rings. The molecule has 0 aromatic heterocycles. The summed E-state index contributed by atoms with van der Waals surface area (Å²) >= 11 is 11.7. The van der Waals surface area contributed by atoms with Crippen LogP contribution in [0, 0.1) is 13.8 Å². The number of nitrogens with one attached hydrogen (secondary N) is 1. The summed E-state index contributed by atoms with van der Waals surface area (Å²) in [6.45, 7) is 3.46. The summed E-state index contributed by atoms with van der Waals surface area (Å²) in [4.78, 5) is 23.6. The molecule has 25 heavy (non-hydrogen) atoms. The van der Waals surface area contributed by atoms with Gasteiger partial charge in [-0.3, -0.25) is 4.79 Å². The van der Waals surface area contributed by atoms with E-state index in [2.05, 4.69) is 5.32 Å². The molecule has 0 radical (unpaired) electrons. The normalized spacial score (nSPS) is 10.7. The van der Waals surface area contributed by atoms with Crippen LogP contribution in [0.25, 0.3) is 6.08 Å². The number of aryl methyl sites for hydroxylation is 2. The van der Waals surface area contributed by atoms with Crippen LogP contribution in [0.1, 0.15) is 16.7 Å². The van der Waals surface area contributed by atoms with Crippen molar-refractivity contribution in [3.63, 3.8) is 0 Å². The Balaban J connectivity index is 1.86. The van der Waals surface area contributed by atoms with Crippen LogP contribution in [0.5, 0.6) is 0 Å². The maximum Gasteiger partial charge on any atom is 0.331 e. The lowest BCUT2D eigenvalue weighted by molar-refractivity contribution is -0.142. The van der Waals surface area contributed by atoms with Crippen molar-refractivity contribution in [3.8, 4) is 0 Å². The quantitative estimate of drug-likeness (QED) is 0.600. The summed E-state index contributed by atoms with van der Waals surface area (Å²) in [6.07, 6.45) is 2.76. The first-order valence-electron chi connectivity index (χ1n) is 7.52. The van der Waals surface area contributed by atoms with Gasteiger partial charge in [0.05, 0.1) is 10.0 Å². The van der Waals surface area contributed by atoms with E-state index < -0.39 is 11.9 Å². The van der Waals surface area contributed by atoms with Gasteiger partial charge in [0.2, 0.25) is 0 Å². The Morgan fingerprint density at radius 1 is 1.08 bits per heavy atom. The fourth-order valence-electron chi connectivity index (χ4n) is 2.02. The number of carbonyl (C=O) groups is 2. The zero-order chi connectivity index (χ0) is 18.4. The number of hydrogen-bond donors (Lipinski definition) is 1. The van der Waals surface area contributed by atoms with Gasteiger partial charge >= 0.3 is 5.97 Å². The van der Waals surface area contributed by atoms with Crippen molar-refractivity contribution >= 4 is 46.8 Å². The van der Waals surface area contributed by atoms with Crippen molar-refractivity contribution in [1.29, 1.82) is 0 Å². The van der Waals surface area contributed by atoms with Gasteiger partial charge in [-0.15, -0.1) is 0 Å². The van der Waals surface area contributed by atoms with Crippen LogP contribution >= 0.6 is 23.2 Å². The molecule has 1 N–H and O–H groups in total. The van der Waals surface area contributed by atoms with Crippen molar-refractivity contribution in [3.05, 3.63) is 69.2 Å². The van der Waals surface area contributed by atoms with Gasteiger partial charge in [-0.05, 0) is 54.8 Å². The van der Waals surface area contributed by atoms with Gasteiger partial charge in [-0.1, -0.05) is 41.4 Å². The molecule has 0 unspecified atom stereocenters. The topological polar surface area (TPSA) is 55.4 Å². The minimum Gasteiger partial charge on any atom is -0.452 e. The molecular formula is C19H17Cl2NO3. The van der Waals surface area contributed by atoms with Gasteiger partial charge in [0.15, 0.2) is 6.61 Å². The fraction of sp³-hybridized carbons (Fsp3) is 0.158. The van der Waals surface area contributed by atoms with Crippen molar-refractivity contribution in [1.82, 2.24) is 0 Å². The summed E-state index contributed by atoms with van der Waals surface area (Å²) in [5.41, 5.74) is 3.37. The summed E-state index contributed by atoms with van der Waals surface area (Å²) in [5, 5.41) is 3.55. The van der Waals surface area contributed by atoms with Crippen LogP contribution in [0.3, 0.4) is 0 Å². The fourth-order valence-corrected chi connectivity index (χ4v) is 2.33. The van der Waals surface area contributed by atoms with E-state index in [1.54, 1.807) is 18.2 Å². The summed E-state index contributed by atoms with van der Waals surface area (Å²) in [6, 6.07) is 10.7. The van der Waals surface area contributed by atoms with Gasteiger partial charge in [-0.25, -0.2) is 4.79 Å². The highest BCUT2D eigenvalue weighted by Crippen LogP contribution is 2.23. The molecule has 6 heteroatoms. The molecule has 0 saturated carbocycles. The first-order valence-corrected chi connectivity index (χ1v) is 8.28. The molecule has 1 amide bonds. The molecule has 2 aromatic carbocycles. The average Bonchev–Trinajstić information content (AvgIpc) is 2.57. The number of anilines is 1. The van der Waals surface area contributed by atoms with Crippen LogP contribution in [-0.2, 0) is 14.3 Å². The molecule has 130 valence electrons. The highest BCUT2D eigenvalue weighted by Gasteiger charge is 2.07. The second-order valence-electron chi connectivity index (χ2n) is 5.48. The van der Waals surface area contributed by atoms with Crippen LogP contribution in [-0.4, -0.2) is 18.5 Å². The zero-order valence-electron chi connectivity index (χ0n) is 13.8. The van der Waals surface area contributed by atoms with E-state index in [1.165, 1.54) is 12.2 Å². The largest absolute Gasteiger partial charge is 0.452 e. The smallest absolute Gasteiger partial charge is 0.331 e. The highest BCUT2D eigenvalue weighted by atomic mass is 35.5. The molecule has 0 saturated heterocycles. The van der Waals surface area contributed by atoms with E-state index in [-0.39, 0.29) is 6.61 Å². The Labute approximate surface area is 156 Å². The Bertz CT molecular complexity index is 831. The van der Waals surface area contributed by atoms with E-state index in [9.17, 15) is 9.59 Å². The molecule has 0 bridgehead atoms. The van der Waals surface area contributed by atoms with Crippen LogP contribution < -0.4 is 5.32 Å². The number of hydrogen-bond acceptors (Lipinski definition) is 3.